The van der Waals surface area contributed by atoms with Crippen molar-refractivity contribution in [1.29, 1.82) is 0 Å². The van der Waals surface area contributed by atoms with Gasteiger partial charge in [0.1, 0.15) is 6.04 Å². The molecule has 122 valence electrons. The topological polar surface area (TPSA) is 84.0 Å². The van der Waals surface area contributed by atoms with E-state index < -0.39 is 23.2 Å². The van der Waals surface area contributed by atoms with E-state index >= 15 is 0 Å². The molecular formula is C17H14ClN3O3. The van der Waals surface area contributed by atoms with E-state index in [1.54, 1.807) is 48.5 Å². The van der Waals surface area contributed by atoms with E-state index in [4.69, 9.17) is 11.6 Å². The maximum atomic E-state index is 12.5. The first kappa shape index (κ1) is 16.0. The molecule has 0 bridgehead atoms. The minimum Gasteiger partial charge on any atom is -0.324 e. The predicted molar refractivity (Wildman–Crippen MR) is 93.6 cm³/mol. The number of nitrogens with zero attached hydrogens (tertiary/aromatic N) is 1. The van der Waals surface area contributed by atoms with Crippen molar-refractivity contribution >= 4 is 34.1 Å². The molecule has 0 aliphatic carbocycles. The molecule has 0 aliphatic rings. The van der Waals surface area contributed by atoms with Gasteiger partial charge in [-0.3, -0.25) is 9.59 Å². The molecule has 0 saturated carbocycles. The molecule has 7 heteroatoms. The Kier molecular flexibility index (Phi) is 4.22. The Morgan fingerprint density at radius 3 is 2.67 bits per heavy atom. The van der Waals surface area contributed by atoms with E-state index in [9.17, 15) is 14.4 Å². The average molecular weight is 344 g/mol. The van der Waals surface area contributed by atoms with Crippen LogP contribution in [0.3, 0.4) is 0 Å². The van der Waals surface area contributed by atoms with Gasteiger partial charge in [0, 0.05) is 10.7 Å². The summed E-state index contributed by atoms with van der Waals surface area (Å²) in [6.07, 6.45) is 0. The molecule has 1 heterocycles. The highest BCUT2D eigenvalue weighted by Crippen LogP contribution is 2.16. The number of hydrogen-bond donors (Lipinski definition) is 2. The van der Waals surface area contributed by atoms with Crippen LogP contribution in [-0.2, 0) is 4.79 Å². The summed E-state index contributed by atoms with van der Waals surface area (Å²) in [5, 5.41) is 3.47. The molecule has 1 aromatic heterocycles. The Bertz CT molecular complexity index is 1040. The number of aromatic nitrogens is 2. The Morgan fingerprint density at radius 1 is 1.17 bits per heavy atom. The predicted octanol–water partition coefficient (Wildman–Crippen LogP) is 2.54. The summed E-state index contributed by atoms with van der Waals surface area (Å²) in [5.41, 5.74) is -0.216. The summed E-state index contributed by atoms with van der Waals surface area (Å²) in [6, 6.07) is 12.3. The number of para-hydroxylation sites is 1. The second-order valence-electron chi connectivity index (χ2n) is 5.33. The van der Waals surface area contributed by atoms with Crippen molar-refractivity contribution in [2.45, 2.75) is 13.0 Å². The van der Waals surface area contributed by atoms with Gasteiger partial charge in [0.2, 0.25) is 5.91 Å². The number of H-pyrrole nitrogens is 1. The van der Waals surface area contributed by atoms with Gasteiger partial charge in [-0.1, -0.05) is 29.8 Å². The van der Waals surface area contributed by atoms with Crippen LogP contribution in [0.25, 0.3) is 10.9 Å². The normalized spacial score (nSPS) is 12.1. The minimum atomic E-state index is -0.982. The van der Waals surface area contributed by atoms with E-state index in [1.165, 1.54) is 6.92 Å². The number of halogens is 1. The van der Waals surface area contributed by atoms with E-state index in [-0.39, 0.29) is 0 Å². The lowest BCUT2D eigenvalue weighted by atomic mass is 10.2. The molecule has 2 aromatic carbocycles. The van der Waals surface area contributed by atoms with Gasteiger partial charge >= 0.3 is 5.69 Å². The number of hydrogen-bond acceptors (Lipinski definition) is 3. The lowest BCUT2D eigenvalue weighted by molar-refractivity contribution is -0.118. The fourth-order valence-corrected chi connectivity index (χ4v) is 2.65. The van der Waals surface area contributed by atoms with Crippen molar-refractivity contribution in [2.75, 3.05) is 5.32 Å². The quantitative estimate of drug-likeness (QED) is 0.766. The SMILES string of the molecule is C[C@@H](C(=O)Nc1cccc(Cl)c1)n1c(=O)[nH]c2ccccc2c1=O. The number of rotatable bonds is 3. The van der Waals surface area contributed by atoms with Gasteiger partial charge in [-0.15, -0.1) is 0 Å². The number of nitrogens with one attached hydrogen (secondary N) is 2. The van der Waals surface area contributed by atoms with Gasteiger partial charge in [-0.25, -0.2) is 9.36 Å². The van der Waals surface area contributed by atoms with Crippen LogP contribution in [0.15, 0.2) is 58.1 Å². The fourth-order valence-electron chi connectivity index (χ4n) is 2.46. The molecule has 1 atom stereocenters. The summed E-state index contributed by atoms with van der Waals surface area (Å²) in [5.74, 6) is -0.486. The summed E-state index contributed by atoms with van der Waals surface area (Å²) >= 11 is 5.88. The lowest BCUT2D eigenvalue weighted by Gasteiger charge is -2.15. The summed E-state index contributed by atoms with van der Waals surface area (Å²) in [6.45, 7) is 1.49. The Hall–Kier alpha value is -2.86. The Morgan fingerprint density at radius 2 is 1.92 bits per heavy atom. The molecule has 0 fully saturated rings. The van der Waals surface area contributed by atoms with Gasteiger partial charge in [-0.05, 0) is 37.3 Å². The minimum absolute atomic E-state index is 0.347. The van der Waals surface area contributed by atoms with Crippen LogP contribution in [0.1, 0.15) is 13.0 Å². The highest BCUT2D eigenvalue weighted by atomic mass is 35.5. The fraction of sp³-hybridized carbons (Fsp3) is 0.118. The van der Waals surface area contributed by atoms with Crippen LogP contribution in [0.2, 0.25) is 5.02 Å². The third kappa shape index (κ3) is 2.96. The van der Waals surface area contributed by atoms with Crippen molar-refractivity contribution < 1.29 is 4.79 Å². The Balaban J connectivity index is 1.99. The van der Waals surface area contributed by atoms with Gasteiger partial charge in [0.15, 0.2) is 0 Å². The smallest absolute Gasteiger partial charge is 0.324 e. The maximum Gasteiger partial charge on any atom is 0.329 e. The van der Waals surface area contributed by atoms with Crippen molar-refractivity contribution in [2.24, 2.45) is 0 Å². The highest BCUT2D eigenvalue weighted by Gasteiger charge is 2.20. The first-order chi connectivity index (χ1) is 11.5. The van der Waals surface area contributed by atoms with Crippen LogP contribution < -0.4 is 16.6 Å². The zero-order valence-electron chi connectivity index (χ0n) is 12.7. The van der Waals surface area contributed by atoms with Crippen LogP contribution in [0.4, 0.5) is 5.69 Å². The molecule has 0 radical (unpaired) electrons. The van der Waals surface area contributed by atoms with Crippen LogP contribution in [0, 0.1) is 0 Å². The number of carbonyl (C=O) groups excluding carboxylic acids is 1. The average Bonchev–Trinajstić information content (AvgIpc) is 2.54. The first-order valence-corrected chi connectivity index (χ1v) is 7.65. The largest absolute Gasteiger partial charge is 0.329 e. The van der Waals surface area contributed by atoms with Crippen molar-refractivity contribution in [3.8, 4) is 0 Å². The van der Waals surface area contributed by atoms with Crippen molar-refractivity contribution in [1.82, 2.24) is 9.55 Å². The maximum absolute atomic E-state index is 12.5. The lowest BCUT2D eigenvalue weighted by Crippen LogP contribution is -2.41. The molecule has 6 nitrogen and oxygen atoms in total. The van der Waals surface area contributed by atoms with Gasteiger partial charge < -0.3 is 10.3 Å². The molecule has 3 rings (SSSR count). The number of anilines is 1. The number of amides is 1. The second-order valence-corrected chi connectivity index (χ2v) is 5.76. The number of fused-ring (bicyclic) bond motifs is 1. The molecule has 0 aliphatic heterocycles. The van der Waals surface area contributed by atoms with Gasteiger partial charge in [-0.2, -0.15) is 0 Å². The zero-order valence-corrected chi connectivity index (χ0v) is 13.5. The van der Waals surface area contributed by atoms with E-state index in [2.05, 4.69) is 10.3 Å². The molecule has 0 unspecified atom stereocenters. The van der Waals surface area contributed by atoms with Crippen molar-refractivity contribution in [3.05, 3.63) is 74.4 Å². The third-order valence-corrected chi connectivity index (χ3v) is 3.93. The van der Waals surface area contributed by atoms with Crippen LogP contribution >= 0.6 is 11.6 Å². The molecule has 24 heavy (non-hydrogen) atoms. The van der Waals surface area contributed by atoms with E-state index in [0.717, 1.165) is 4.57 Å². The number of aromatic amines is 1. The third-order valence-electron chi connectivity index (χ3n) is 3.70. The second kappa shape index (κ2) is 6.33. The van der Waals surface area contributed by atoms with E-state index in [0.29, 0.717) is 21.6 Å². The summed E-state index contributed by atoms with van der Waals surface area (Å²) in [4.78, 5) is 39.8. The molecule has 2 N–H and O–H groups in total. The number of benzene rings is 2. The van der Waals surface area contributed by atoms with Crippen LogP contribution in [-0.4, -0.2) is 15.5 Å². The van der Waals surface area contributed by atoms with Crippen LogP contribution in [0.5, 0.6) is 0 Å². The molecule has 1 amide bonds. The highest BCUT2D eigenvalue weighted by molar-refractivity contribution is 6.30. The standard InChI is InChI=1S/C17H14ClN3O3/c1-10(15(22)19-12-6-4-5-11(18)9-12)21-16(23)13-7-2-3-8-14(13)20-17(21)24/h2-10H,1H3,(H,19,22)(H,20,24)/t10-/m0/s1. The Labute approximate surface area is 141 Å². The summed E-state index contributed by atoms with van der Waals surface area (Å²) < 4.78 is 0.905. The van der Waals surface area contributed by atoms with Gasteiger partial charge in [0.05, 0.1) is 10.9 Å². The number of carbonyl (C=O) groups is 1. The molecule has 0 spiro atoms. The van der Waals surface area contributed by atoms with Gasteiger partial charge in [0.25, 0.3) is 5.56 Å². The molecule has 3 aromatic rings. The molecular weight excluding hydrogens is 330 g/mol. The summed E-state index contributed by atoms with van der Waals surface area (Å²) in [7, 11) is 0. The molecule has 0 saturated heterocycles. The zero-order chi connectivity index (χ0) is 17.3. The van der Waals surface area contributed by atoms with Crippen molar-refractivity contribution in [3.63, 3.8) is 0 Å². The van der Waals surface area contributed by atoms with E-state index in [1.807, 2.05) is 0 Å². The monoisotopic (exact) mass is 343 g/mol. The first-order valence-electron chi connectivity index (χ1n) is 7.27.